The third-order valence-corrected chi connectivity index (χ3v) is 5.33. The molecule has 0 unspecified atom stereocenters. The third kappa shape index (κ3) is 4.17. The summed E-state index contributed by atoms with van der Waals surface area (Å²) in [5, 5.41) is 2.15. The number of fused-ring (bicyclic) bond motifs is 1. The van der Waals surface area contributed by atoms with Gasteiger partial charge in [0.1, 0.15) is 11.6 Å². The molecule has 1 fully saturated rings. The molecule has 1 amide bonds. The molecule has 0 bridgehead atoms. The second kappa shape index (κ2) is 8.44. The number of amides is 1. The number of carbonyl (C=O) groups excluding carboxylic acids is 1. The highest BCUT2D eigenvalue weighted by Gasteiger charge is 2.20. The average Bonchev–Trinajstić information content (AvgIpc) is 2.98. The minimum Gasteiger partial charge on any atom is -0.483 e. The Balaban J connectivity index is 1.33. The van der Waals surface area contributed by atoms with Crippen molar-refractivity contribution in [1.29, 1.82) is 0 Å². The van der Waals surface area contributed by atoms with E-state index < -0.39 is 0 Å². The molecule has 2 heterocycles. The second-order valence-electron chi connectivity index (χ2n) is 7.23. The van der Waals surface area contributed by atoms with Gasteiger partial charge in [-0.2, -0.15) is 0 Å². The summed E-state index contributed by atoms with van der Waals surface area (Å²) < 4.78 is 7.93. The first-order chi connectivity index (χ1) is 13.7. The number of hydrogen-bond donors (Lipinski definition) is 0. The van der Waals surface area contributed by atoms with Crippen molar-refractivity contribution in [3.63, 3.8) is 0 Å². The standard InChI is InChI=1S/C22H26N4O2/c1-24-13-10-23-21(24)16-25-11-5-12-26(15-14-25)22(27)17-28-20-9-4-7-18-6-2-3-8-19(18)20/h2-4,6-10,13H,5,11-12,14-17H2,1H3. The van der Waals surface area contributed by atoms with Gasteiger partial charge in [0.05, 0.1) is 6.54 Å². The van der Waals surface area contributed by atoms with Gasteiger partial charge >= 0.3 is 0 Å². The summed E-state index contributed by atoms with van der Waals surface area (Å²) >= 11 is 0. The number of nitrogens with zero attached hydrogens (tertiary/aromatic N) is 4. The molecule has 146 valence electrons. The lowest BCUT2D eigenvalue weighted by Gasteiger charge is -2.22. The van der Waals surface area contributed by atoms with E-state index in [2.05, 4.69) is 22.0 Å². The van der Waals surface area contributed by atoms with Crippen molar-refractivity contribution in [3.05, 3.63) is 60.7 Å². The first-order valence-corrected chi connectivity index (χ1v) is 9.77. The average molecular weight is 378 g/mol. The van der Waals surface area contributed by atoms with Crippen molar-refractivity contribution in [2.45, 2.75) is 13.0 Å². The number of aromatic nitrogens is 2. The molecule has 6 nitrogen and oxygen atoms in total. The maximum Gasteiger partial charge on any atom is 0.260 e. The molecule has 1 saturated heterocycles. The fourth-order valence-corrected chi connectivity index (χ4v) is 3.68. The lowest BCUT2D eigenvalue weighted by Crippen LogP contribution is -2.38. The zero-order valence-corrected chi connectivity index (χ0v) is 16.3. The second-order valence-corrected chi connectivity index (χ2v) is 7.23. The SMILES string of the molecule is Cn1ccnc1CN1CCCN(C(=O)COc2cccc3ccccc23)CC1. The normalized spacial score (nSPS) is 15.5. The summed E-state index contributed by atoms with van der Waals surface area (Å²) in [7, 11) is 2.01. The lowest BCUT2D eigenvalue weighted by molar-refractivity contribution is -0.133. The van der Waals surface area contributed by atoms with Gasteiger partial charge in [-0.3, -0.25) is 9.69 Å². The van der Waals surface area contributed by atoms with Crippen LogP contribution in [0.1, 0.15) is 12.2 Å². The predicted octanol–water partition coefficient (Wildman–Crippen LogP) is 2.69. The number of carbonyl (C=O) groups is 1. The van der Waals surface area contributed by atoms with Crippen LogP contribution in [0, 0.1) is 0 Å². The molecule has 28 heavy (non-hydrogen) atoms. The zero-order chi connectivity index (χ0) is 19.3. The van der Waals surface area contributed by atoms with Gasteiger partial charge in [-0.15, -0.1) is 0 Å². The maximum absolute atomic E-state index is 12.7. The van der Waals surface area contributed by atoms with E-state index in [1.807, 2.05) is 59.2 Å². The minimum atomic E-state index is 0.0479. The molecule has 6 heteroatoms. The number of aryl methyl sites for hydroxylation is 1. The predicted molar refractivity (Wildman–Crippen MR) is 109 cm³/mol. The van der Waals surface area contributed by atoms with Crippen LogP contribution in [0.5, 0.6) is 5.75 Å². The molecule has 0 N–H and O–H groups in total. The van der Waals surface area contributed by atoms with E-state index >= 15 is 0 Å². The Kier molecular flexibility index (Phi) is 5.58. The number of ether oxygens (including phenoxy) is 1. The molecule has 0 aliphatic carbocycles. The molecule has 1 aliphatic heterocycles. The summed E-state index contributed by atoms with van der Waals surface area (Å²) in [5.41, 5.74) is 0. The van der Waals surface area contributed by atoms with E-state index in [1.54, 1.807) is 0 Å². The number of benzene rings is 2. The molecule has 0 atom stereocenters. The van der Waals surface area contributed by atoms with Gasteiger partial charge in [0.25, 0.3) is 5.91 Å². The summed E-state index contributed by atoms with van der Waals surface area (Å²) in [6, 6.07) is 14.0. The van der Waals surface area contributed by atoms with Crippen LogP contribution in [-0.2, 0) is 18.4 Å². The van der Waals surface area contributed by atoms with Crippen LogP contribution >= 0.6 is 0 Å². The van der Waals surface area contributed by atoms with Crippen LogP contribution in [0.25, 0.3) is 10.8 Å². The van der Waals surface area contributed by atoms with E-state index in [0.717, 1.165) is 61.5 Å². The van der Waals surface area contributed by atoms with E-state index in [9.17, 15) is 4.79 Å². The van der Waals surface area contributed by atoms with Crippen LogP contribution in [0.3, 0.4) is 0 Å². The van der Waals surface area contributed by atoms with Crippen molar-refractivity contribution in [1.82, 2.24) is 19.4 Å². The first-order valence-electron chi connectivity index (χ1n) is 9.77. The van der Waals surface area contributed by atoms with Gasteiger partial charge in [-0.05, 0) is 17.9 Å². The maximum atomic E-state index is 12.7. The highest BCUT2D eigenvalue weighted by molar-refractivity contribution is 5.88. The Bertz CT molecular complexity index is 947. The van der Waals surface area contributed by atoms with Gasteiger partial charge in [0.15, 0.2) is 6.61 Å². The van der Waals surface area contributed by atoms with Gasteiger partial charge < -0.3 is 14.2 Å². The molecule has 1 aliphatic rings. The third-order valence-electron chi connectivity index (χ3n) is 5.33. The van der Waals surface area contributed by atoms with Crippen LogP contribution in [0.4, 0.5) is 0 Å². The summed E-state index contributed by atoms with van der Waals surface area (Å²) in [6.07, 6.45) is 4.76. The van der Waals surface area contributed by atoms with E-state index in [1.165, 1.54) is 0 Å². The topological polar surface area (TPSA) is 50.6 Å². The zero-order valence-electron chi connectivity index (χ0n) is 16.3. The highest BCUT2D eigenvalue weighted by atomic mass is 16.5. The fraction of sp³-hybridized carbons (Fsp3) is 0.364. The van der Waals surface area contributed by atoms with E-state index in [-0.39, 0.29) is 12.5 Å². The van der Waals surface area contributed by atoms with Crippen molar-refractivity contribution in [2.75, 3.05) is 32.8 Å². The van der Waals surface area contributed by atoms with Gasteiger partial charge in [0, 0.05) is 51.0 Å². The van der Waals surface area contributed by atoms with E-state index in [0.29, 0.717) is 0 Å². The summed E-state index contributed by atoms with van der Waals surface area (Å²) in [5.74, 6) is 1.86. The first kappa shape index (κ1) is 18.5. The molecule has 3 aromatic rings. The fourth-order valence-electron chi connectivity index (χ4n) is 3.68. The monoisotopic (exact) mass is 378 g/mol. The molecule has 0 saturated carbocycles. The van der Waals surface area contributed by atoms with Gasteiger partial charge in [-0.25, -0.2) is 4.98 Å². The van der Waals surface area contributed by atoms with Gasteiger partial charge in [0.2, 0.25) is 0 Å². The molecular formula is C22H26N4O2. The number of rotatable bonds is 5. The highest BCUT2D eigenvalue weighted by Crippen LogP contribution is 2.25. The van der Waals surface area contributed by atoms with E-state index in [4.69, 9.17) is 4.74 Å². The Morgan fingerprint density at radius 1 is 1.07 bits per heavy atom. The van der Waals surface area contributed by atoms with Crippen LogP contribution < -0.4 is 4.74 Å². The minimum absolute atomic E-state index is 0.0479. The van der Waals surface area contributed by atoms with Crippen molar-refractivity contribution >= 4 is 16.7 Å². The quantitative estimate of drug-likeness (QED) is 0.685. The molecule has 4 rings (SSSR count). The largest absolute Gasteiger partial charge is 0.483 e. The van der Waals surface area contributed by atoms with Gasteiger partial charge in [-0.1, -0.05) is 36.4 Å². The van der Waals surface area contributed by atoms with Crippen molar-refractivity contribution in [2.24, 2.45) is 7.05 Å². The molecule has 1 aromatic heterocycles. The number of imidazole rings is 1. The van der Waals surface area contributed by atoms with Crippen molar-refractivity contribution in [3.8, 4) is 5.75 Å². The smallest absolute Gasteiger partial charge is 0.260 e. The molecule has 0 radical (unpaired) electrons. The Labute approximate surface area is 165 Å². The van der Waals surface area contributed by atoms with Crippen LogP contribution in [0.15, 0.2) is 54.9 Å². The van der Waals surface area contributed by atoms with Crippen molar-refractivity contribution < 1.29 is 9.53 Å². The summed E-state index contributed by atoms with van der Waals surface area (Å²) in [4.78, 5) is 21.4. The Hall–Kier alpha value is -2.86. The molecular weight excluding hydrogens is 352 g/mol. The summed E-state index contributed by atoms with van der Waals surface area (Å²) in [6.45, 7) is 4.22. The van der Waals surface area contributed by atoms with Crippen LogP contribution in [0.2, 0.25) is 0 Å². The lowest BCUT2D eigenvalue weighted by atomic mass is 10.1. The Morgan fingerprint density at radius 2 is 1.93 bits per heavy atom. The number of hydrogen-bond acceptors (Lipinski definition) is 4. The molecule has 0 spiro atoms. The molecule has 2 aromatic carbocycles. The Morgan fingerprint density at radius 3 is 2.79 bits per heavy atom. The van der Waals surface area contributed by atoms with Crippen LogP contribution in [-0.4, -0.2) is 58.0 Å².